The first-order valence-electron chi connectivity index (χ1n) is 5.40. The number of methoxy groups -OCH3 is 1. The maximum absolute atomic E-state index is 14.5. The third-order valence-electron chi connectivity index (χ3n) is 3.00. The van der Waals surface area contributed by atoms with E-state index in [2.05, 4.69) is 5.32 Å². The van der Waals surface area contributed by atoms with Gasteiger partial charge in [0, 0.05) is 12.1 Å². The zero-order valence-corrected chi connectivity index (χ0v) is 9.22. The molecule has 1 aromatic rings. The first-order chi connectivity index (χ1) is 7.67. The van der Waals surface area contributed by atoms with Crippen molar-refractivity contribution in [3.8, 4) is 5.75 Å². The number of benzene rings is 1. The molecule has 4 heteroatoms. The zero-order valence-electron chi connectivity index (χ0n) is 9.22. The van der Waals surface area contributed by atoms with Gasteiger partial charge in [0.1, 0.15) is 0 Å². The average molecular weight is 227 g/mol. The van der Waals surface area contributed by atoms with E-state index in [1.54, 1.807) is 6.07 Å². The number of hydrogen-bond acceptors (Lipinski definition) is 2. The fraction of sp³-hybridized carbons (Fsp3) is 0.500. The van der Waals surface area contributed by atoms with Crippen molar-refractivity contribution >= 4 is 0 Å². The molecule has 0 saturated carbocycles. The highest BCUT2D eigenvalue weighted by molar-refractivity contribution is 5.35. The van der Waals surface area contributed by atoms with Crippen molar-refractivity contribution in [2.75, 3.05) is 20.2 Å². The lowest BCUT2D eigenvalue weighted by Gasteiger charge is -2.31. The molecule has 1 N–H and O–H groups in total. The second-order valence-corrected chi connectivity index (χ2v) is 4.07. The van der Waals surface area contributed by atoms with Crippen LogP contribution in [0.15, 0.2) is 18.2 Å². The van der Waals surface area contributed by atoms with Crippen LogP contribution in [-0.4, -0.2) is 20.2 Å². The topological polar surface area (TPSA) is 21.3 Å². The predicted molar refractivity (Wildman–Crippen MR) is 57.8 cm³/mol. The van der Waals surface area contributed by atoms with Crippen LogP contribution in [0, 0.1) is 5.82 Å². The van der Waals surface area contributed by atoms with Crippen LogP contribution in [0.2, 0.25) is 0 Å². The van der Waals surface area contributed by atoms with Gasteiger partial charge in [0.15, 0.2) is 17.2 Å². The maximum Gasteiger partial charge on any atom is 0.171 e. The molecule has 0 bridgehead atoms. The fourth-order valence-electron chi connectivity index (χ4n) is 2.11. The molecule has 1 aliphatic heterocycles. The van der Waals surface area contributed by atoms with E-state index in [1.807, 2.05) is 0 Å². The van der Waals surface area contributed by atoms with E-state index < -0.39 is 11.5 Å². The molecule has 1 unspecified atom stereocenters. The van der Waals surface area contributed by atoms with Gasteiger partial charge >= 0.3 is 0 Å². The molecule has 0 amide bonds. The van der Waals surface area contributed by atoms with E-state index in [0.29, 0.717) is 12.8 Å². The van der Waals surface area contributed by atoms with Crippen molar-refractivity contribution in [2.24, 2.45) is 0 Å². The third-order valence-corrected chi connectivity index (χ3v) is 3.00. The normalized spacial score (nSPS) is 25.4. The lowest BCUT2D eigenvalue weighted by Crippen LogP contribution is -2.40. The minimum Gasteiger partial charge on any atom is -0.494 e. The number of rotatable bonds is 2. The minimum atomic E-state index is -1.61. The van der Waals surface area contributed by atoms with E-state index in [-0.39, 0.29) is 17.9 Å². The number of nitrogens with one attached hydrogen (secondary N) is 1. The minimum absolute atomic E-state index is 0.0963. The lowest BCUT2D eigenvalue weighted by atomic mass is 9.88. The number of piperidine rings is 1. The Hall–Kier alpha value is -1.16. The number of hydrogen-bond donors (Lipinski definition) is 1. The van der Waals surface area contributed by atoms with Gasteiger partial charge in [-0.25, -0.2) is 8.78 Å². The van der Waals surface area contributed by atoms with Crippen LogP contribution >= 0.6 is 0 Å². The highest BCUT2D eigenvalue weighted by atomic mass is 19.1. The first-order valence-corrected chi connectivity index (χ1v) is 5.40. The van der Waals surface area contributed by atoms with Crippen molar-refractivity contribution in [3.05, 3.63) is 29.6 Å². The van der Waals surface area contributed by atoms with Crippen molar-refractivity contribution < 1.29 is 13.5 Å². The highest BCUT2D eigenvalue weighted by Crippen LogP contribution is 2.36. The smallest absolute Gasteiger partial charge is 0.171 e. The zero-order chi connectivity index (χ0) is 11.6. The van der Waals surface area contributed by atoms with Crippen LogP contribution < -0.4 is 10.1 Å². The molecular formula is C12H15F2NO. The van der Waals surface area contributed by atoms with Gasteiger partial charge in [-0.1, -0.05) is 12.1 Å². The van der Waals surface area contributed by atoms with Gasteiger partial charge in [-0.15, -0.1) is 0 Å². The van der Waals surface area contributed by atoms with Crippen molar-refractivity contribution in [1.29, 1.82) is 0 Å². The molecule has 1 saturated heterocycles. The predicted octanol–water partition coefficient (Wildman–Crippen LogP) is 2.38. The Morgan fingerprint density at radius 2 is 2.25 bits per heavy atom. The SMILES string of the molecule is COc1cccc(C2(F)CCCNC2)c1F. The summed E-state index contributed by atoms with van der Waals surface area (Å²) < 4.78 is 33.3. The molecule has 1 aromatic carbocycles. The monoisotopic (exact) mass is 227 g/mol. The second kappa shape index (κ2) is 4.37. The summed E-state index contributed by atoms with van der Waals surface area (Å²) in [7, 11) is 1.38. The molecule has 0 radical (unpaired) electrons. The molecule has 2 rings (SSSR count). The van der Waals surface area contributed by atoms with Crippen molar-refractivity contribution in [3.63, 3.8) is 0 Å². The average Bonchev–Trinajstić information content (AvgIpc) is 2.30. The quantitative estimate of drug-likeness (QED) is 0.837. The summed E-state index contributed by atoms with van der Waals surface area (Å²) in [5.41, 5.74) is -1.52. The summed E-state index contributed by atoms with van der Waals surface area (Å²) in [5.74, 6) is -0.490. The molecule has 0 aromatic heterocycles. The summed E-state index contributed by atoms with van der Waals surface area (Å²) in [5, 5.41) is 2.96. The van der Waals surface area contributed by atoms with Crippen LogP contribution in [0.25, 0.3) is 0 Å². The van der Waals surface area contributed by atoms with Gasteiger partial charge in [0.25, 0.3) is 0 Å². The Bertz CT molecular complexity index is 375. The van der Waals surface area contributed by atoms with E-state index in [9.17, 15) is 8.78 Å². The molecule has 1 aliphatic rings. The maximum atomic E-state index is 14.5. The Morgan fingerprint density at radius 3 is 2.88 bits per heavy atom. The van der Waals surface area contributed by atoms with E-state index in [1.165, 1.54) is 19.2 Å². The molecule has 16 heavy (non-hydrogen) atoms. The van der Waals surface area contributed by atoms with Crippen LogP contribution in [0.5, 0.6) is 5.75 Å². The number of alkyl halides is 1. The van der Waals surface area contributed by atoms with Crippen LogP contribution in [-0.2, 0) is 5.67 Å². The summed E-state index contributed by atoms with van der Waals surface area (Å²) in [6, 6.07) is 4.61. The third kappa shape index (κ3) is 1.89. The van der Waals surface area contributed by atoms with Crippen LogP contribution in [0.3, 0.4) is 0 Å². The Morgan fingerprint density at radius 1 is 1.44 bits per heavy atom. The first kappa shape index (κ1) is 11.3. The van der Waals surface area contributed by atoms with E-state index in [0.717, 1.165) is 6.54 Å². The van der Waals surface area contributed by atoms with Crippen LogP contribution in [0.1, 0.15) is 18.4 Å². The Balaban J connectivity index is 2.38. The van der Waals surface area contributed by atoms with Gasteiger partial charge in [-0.2, -0.15) is 0 Å². The summed E-state index contributed by atoms with van der Waals surface area (Å²) in [6.07, 6.45) is 1.07. The molecule has 0 aliphatic carbocycles. The van der Waals surface area contributed by atoms with Gasteiger partial charge in [-0.3, -0.25) is 0 Å². The standard InChI is InChI=1S/C12H15F2NO/c1-16-10-5-2-4-9(11(10)13)12(14)6-3-7-15-8-12/h2,4-5,15H,3,6-8H2,1H3. The molecule has 88 valence electrons. The Labute approximate surface area is 93.6 Å². The van der Waals surface area contributed by atoms with Gasteiger partial charge in [0.05, 0.1) is 7.11 Å². The lowest BCUT2D eigenvalue weighted by molar-refractivity contribution is 0.116. The fourth-order valence-corrected chi connectivity index (χ4v) is 2.11. The molecule has 2 nitrogen and oxygen atoms in total. The molecule has 0 spiro atoms. The molecule has 1 fully saturated rings. The Kier molecular flexibility index (Phi) is 3.10. The van der Waals surface area contributed by atoms with Gasteiger partial charge in [-0.05, 0) is 25.5 Å². The summed E-state index contributed by atoms with van der Waals surface area (Å²) in [6.45, 7) is 0.953. The van der Waals surface area contributed by atoms with Crippen molar-refractivity contribution in [1.82, 2.24) is 5.32 Å². The molecule has 1 heterocycles. The summed E-state index contributed by atoms with van der Waals surface area (Å²) >= 11 is 0. The number of ether oxygens (including phenoxy) is 1. The van der Waals surface area contributed by atoms with Crippen molar-refractivity contribution in [2.45, 2.75) is 18.5 Å². The van der Waals surface area contributed by atoms with Gasteiger partial charge in [0.2, 0.25) is 0 Å². The van der Waals surface area contributed by atoms with Gasteiger partial charge < -0.3 is 10.1 Å². The van der Waals surface area contributed by atoms with E-state index in [4.69, 9.17) is 4.74 Å². The molecular weight excluding hydrogens is 212 g/mol. The molecule has 1 atom stereocenters. The van der Waals surface area contributed by atoms with E-state index >= 15 is 0 Å². The van der Waals surface area contributed by atoms with Crippen LogP contribution in [0.4, 0.5) is 8.78 Å². The number of halogens is 2. The highest BCUT2D eigenvalue weighted by Gasteiger charge is 2.36. The second-order valence-electron chi connectivity index (χ2n) is 4.07. The largest absolute Gasteiger partial charge is 0.494 e. The summed E-state index contributed by atoms with van der Waals surface area (Å²) in [4.78, 5) is 0.